The average Bonchev–Trinajstić information content (AvgIpc) is 2.67. The quantitative estimate of drug-likeness (QED) is 0.300. The molecule has 0 unspecified atom stereocenters. The number of pyridine rings is 1. The number of nitrogen functional groups attached to an aromatic ring is 1. The molecule has 0 aromatic carbocycles. The number of anilines is 2. The van der Waals surface area contributed by atoms with Crippen molar-refractivity contribution in [3.8, 4) is 0 Å². The molecule has 1 aromatic rings. The number of nitrogens with two attached hydrogens (primary N) is 1. The molecule has 0 atom stereocenters. The van der Waals surface area contributed by atoms with Crippen LogP contribution in [0.15, 0.2) is 12.4 Å². The van der Waals surface area contributed by atoms with Crippen LogP contribution in [0, 0.1) is 0 Å². The van der Waals surface area contributed by atoms with Gasteiger partial charge in [-0.15, -0.1) is 0 Å². The molecule has 0 aliphatic heterocycles. The number of nitrogens with zero attached hydrogens (tertiary/aromatic N) is 1. The molecule has 31 heavy (non-hydrogen) atoms. The molecule has 8 nitrogen and oxygen atoms in total. The van der Waals surface area contributed by atoms with E-state index in [1.165, 1.54) is 44.7 Å². The van der Waals surface area contributed by atoms with Gasteiger partial charge in [0.2, 0.25) is 11.8 Å². The SMILES string of the molecule is CCCCCCCCCCCC(=O)NC(C)(C)CC(=O)Nc1cncc(C(=O)O)c1N. The largest absolute Gasteiger partial charge is 0.478 e. The monoisotopic (exact) mass is 434 g/mol. The van der Waals surface area contributed by atoms with Crippen molar-refractivity contribution in [2.24, 2.45) is 0 Å². The highest BCUT2D eigenvalue weighted by Crippen LogP contribution is 2.22. The second-order valence-corrected chi connectivity index (χ2v) is 8.69. The number of aromatic nitrogens is 1. The molecule has 2 amide bonds. The lowest BCUT2D eigenvalue weighted by Gasteiger charge is -2.26. The Labute approximate surface area is 185 Å². The van der Waals surface area contributed by atoms with E-state index in [9.17, 15) is 14.4 Å². The summed E-state index contributed by atoms with van der Waals surface area (Å²) in [4.78, 5) is 39.5. The maximum absolute atomic E-state index is 12.4. The zero-order chi connectivity index (χ0) is 23.3. The van der Waals surface area contributed by atoms with Crippen LogP contribution in [0.1, 0.15) is 102 Å². The second-order valence-electron chi connectivity index (χ2n) is 8.69. The Morgan fingerprint density at radius 1 is 0.968 bits per heavy atom. The minimum Gasteiger partial charge on any atom is -0.478 e. The highest BCUT2D eigenvalue weighted by Gasteiger charge is 2.24. The van der Waals surface area contributed by atoms with Crippen LogP contribution < -0.4 is 16.4 Å². The first kappa shape index (κ1) is 26.4. The first-order chi connectivity index (χ1) is 14.7. The van der Waals surface area contributed by atoms with E-state index in [0.29, 0.717) is 6.42 Å². The van der Waals surface area contributed by atoms with Crippen LogP contribution in [0.4, 0.5) is 11.4 Å². The van der Waals surface area contributed by atoms with E-state index in [1.54, 1.807) is 13.8 Å². The molecule has 1 rings (SSSR count). The molecule has 8 heteroatoms. The number of hydrogen-bond acceptors (Lipinski definition) is 5. The highest BCUT2D eigenvalue weighted by atomic mass is 16.4. The minimum absolute atomic E-state index is 0.0211. The Kier molecular flexibility index (Phi) is 11.6. The zero-order valence-electron chi connectivity index (χ0n) is 19.1. The fourth-order valence-corrected chi connectivity index (χ4v) is 3.42. The average molecular weight is 435 g/mol. The summed E-state index contributed by atoms with van der Waals surface area (Å²) in [6.07, 6.45) is 13.6. The summed E-state index contributed by atoms with van der Waals surface area (Å²) >= 11 is 0. The van der Waals surface area contributed by atoms with Crippen LogP contribution in [-0.2, 0) is 9.59 Å². The van der Waals surface area contributed by atoms with E-state index in [2.05, 4.69) is 22.5 Å². The first-order valence-corrected chi connectivity index (χ1v) is 11.2. The number of aromatic carboxylic acids is 1. The number of nitrogens with one attached hydrogen (secondary N) is 2. The molecule has 5 N–H and O–H groups in total. The van der Waals surface area contributed by atoms with E-state index in [1.807, 2.05) is 0 Å². The van der Waals surface area contributed by atoms with Gasteiger partial charge in [0.25, 0.3) is 0 Å². The molecule has 0 spiro atoms. The lowest BCUT2D eigenvalue weighted by atomic mass is 9.99. The predicted molar refractivity (Wildman–Crippen MR) is 123 cm³/mol. The molecular formula is C23H38N4O4. The highest BCUT2D eigenvalue weighted by molar-refractivity contribution is 6.01. The third-order valence-corrected chi connectivity index (χ3v) is 5.08. The van der Waals surface area contributed by atoms with Gasteiger partial charge in [-0.3, -0.25) is 14.6 Å². The van der Waals surface area contributed by atoms with E-state index >= 15 is 0 Å². The van der Waals surface area contributed by atoms with Crippen LogP contribution in [0.2, 0.25) is 0 Å². The van der Waals surface area contributed by atoms with Gasteiger partial charge < -0.3 is 21.5 Å². The van der Waals surface area contributed by atoms with Crippen LogP contribution in [0.25, 0.3) is 0 Å². The number of carbonyl (C=O) groups excluding carboxylic acids is 2. The molecule has 0 saturated carbocycles. The van der Waals surface area contributed by atoms with Crippen molar-refractivity contribution >= 4 is 29.2 Å². The summed E-state index contributed by atoms with van der Waals surface area (Å²) in [5.41, 5.74) is 4.96. The van der Waals surface area contributed by atoms with E-state index < -0.39 is 11.5 Å². The molecule has 0 fully saturated rings. The van der Waals surface area contributed by atoms with Gasteiger partial charge in [-0.05, 0) is 20.3 Å². The van der Waals surface area contributed by atoms with Gasteiger partial charge in [-0.1, -0.05) is 58.3 Å². The standard InChI is InChI=1S/C23H38N4O4/c1-4-5-6-7-8-9-10-11-12-13-19(28)27-23(2,3)14-20(29)26-18-16-25-15-17(21(18)24)22(30)31/h15-16H,4-14H2,1-3H3,(H2,24,25)(H,26,29)(H,27,28)(H,30,31). The van der Waals surface area contributed by atoms with Gasteiger partial charge in [-0.2, -0.15) is 0 Å². The van der Waals surface area contributed by atoms with Gasteiger partial charge in [0.05, 0.1) is 17.6 Å². The van der Waals surface area contributed by atoms with Crippen LogP contribution in [-0.4, -0.2) is 33.4 Å². The van der Waals surface area contributed by atoms with Crippen LogP contribution in [0.3, 0.4) is 0 Å². The van der Waals surface area contributed by atoms with Crippen molar-refractivity contribution in [2.45, 2.75) is 96.9 Å². The Bertz CT molecular complexity index is 734. The topological polar surface area (TPSA) is 134 Å². The third-order valence-electron chi connectivity index (χ3n) is 5.08. The number of carbonyl (C=O) groups is 3. The summed E-state index contributed by atoms with van der Waals surface area (Å²) in [6, 6.07) is 0. The number of unbranched alkanes of at least 4 members (excludes halogenated alkanes) is 8. The van der Waals surface area contributed by atoms with E-state index in [-0.39, 0.29) is 35.2 Å². The van der Waals surface area contributed by atoms with Gasteiger partial charge in [-0.25, -0.2) is 4.79 Å². The Morgan fingerprint density at radius 2 is 1.55 bits per heavy atom. The molecule has 0 radical (unpaired) electrons. The smallest absolute Gasteiger partial charge is 0.339 e. The number of rotatable bonds is 15. The molecular weight excluding hydrogens is 396 g/mol. The molecule has 0 bridgehead atoms. The predicted octanol–water partition coefficient (Wildman–Crippen LogP) is 4.51. The lowest BCUT2D eigenvalue weighted by Crippen LogP contribution is -2.45. The van der Waals surface area contributed by atoms with E-state index in [0.717, 1.165) is 25.5 Å². The van der Waals surface area contributed by atoms with Gasteiger partial charge in [0.1, 0.15) is 5.56 Å². The maximum Gasteiger partial charge on any atom is 0.339 e. The molecule has 1 heterocycles. The van der Waals surface area contributed by atoms with Crippen molar-refractivity contribution in [3.63, 3.8) is 0 Å². The van der Waals surface area contributed by atoms with Crippen LogP contribution >= 0.6 is 0 Å². The summed E-state index contributed by atoms with van der Waals surface area (Å²) in [5, 5.41) is 14.6. The van der Waals surface area contributed by atoms with Gasteiger partial charge in [0.15, 0.2) is 0 Å². The van der Waals surface area contributed by atoms with Crippen molar-refractivity contribution in [1.82, 2.24) is 10.3 Å². The summed E-state index contributed by atoms with van der Waals surface area (Å²) in [5.74, 6) is -1.68. The van der Waals surface area contributed by atoms with Gasteiger partial charge >= 0.3 is 5.97 Å². The number of amides is 2. The summed E-state index contributed by atoms with van der Waals surface area (Å²) in [7, 11) is 0. The number of carboxylic acid groups (broad SMARTS) is 1. The van der Waals surface area contributed by atoms with Crippen LogP contribution in [0.5, 0.6) is 0 Å². The van der Waals surface area contributed by atoms with Gasteiger partial charge in [0, 0.05) is 24.6 Å². The van der Waals surface area contributed by atoms with Crippen molar-refractivity contribution in [3.05, 3.63) is 18.0 Å². The van der Waals surface area contributed by atoms with Crippen molar-refractivity contribution in [1.29, 1.82) is 0 Å². The minimum atomic E-state index is -1.22. The fraction of sp³-hybridized carbons (Fsp3) is 0.652. The zero-order valence-corrected chi connectivity index (χ0v) is 19.1. The normalized spacial score (nSPS) is 11.2. The number of hydrogen-bond donors (Lipinski definition) is 4. The summed E-state index contributed by atoms with van der Waals surface area (Å²) < 4.78 is 0. The molecule has 0 saturated heterocycles. The second kappa shape index (κ2) is 13.6. The molecule has 0 aliphatic rings. The first-order valence-electron chi connectivity index (χ1n) is 11.2. The lowest BCUT2D eigenvalue weighted by molar-refractivity contribution is -0.123. The maximum atomic E-state index is 12.4. The fourth-order valence-electron chi connectivity index (χ4n) is 3.42. The molecule has 0 aliphatic carbocycles. The van der Waals surface area contributed by atoms with E-state index in [4.69, 9.17) is 10.8 Å². The number of carboxylic acids is 1. The third kappa shape index (κ3) is 10.8. The van der Waals surface area contributed by atoms with Crippen molar-refractivity contribution in [2.75, 3.05) is 11.1 Å². The van der Waals surface area contributed by atoms with Crippen molar-refractivity contribution < 1.29 is 19.5 Å². The Hall–Kier alpha value is -2.64. The Balaban J connectivity index is 2.34. The molecule has 1 aromatic heterocycles. The Morgan fingerprint density at radius 3 is 2.13 bits per heavy atom. The summed E-state index contributed by atoms with van der Waals surface area (Å²) in [6.45, 7) is 5.76. The molecule has 174 valence electrons.